The molecular weight excluding hydrogens is 366 g/mol. The summed E-state index contributed by atoms with van der Waals surface area (Å²) in [7, 11) is 0. The number of aldehydes is 1. The van der Waals surface area contributed by atoms with Gasteiger partial charge in [-0.15, -0.1) is 0 Å². The zero-order valence-corrected chi connectivity index (χ0v) is 14.2. The van der Waals surface area contributed by atoms with Gasteiger partial charge in [-0.2, -0.15) is 0 Å². The van der Waals surface area contributed by atoms with Gasteiger partial charge in [-0.25, -0.2) is 14.6 Å². The summed E-state index contributed by atoms with van der Waals surface area (Å²) in [6, 6.07) is 9.84. The SMILES string of the molecule is O=Cc1cc(C(=O)O)c(C(=O)O)cc1C(=O)Cc1ccc2cccc(O)c2n1. The Morgan fingerprint density at radius 1 is 0.929 bits per heavy atom. The van der Waals surface area contributed by atoms with Crippen LogP contribution in [0.5, 0.6) is 5.75 Å². The largest absolute Gasteiger partial charge is 0.506 e. The maximum Gasteiger partial charge on any atom is 0.336 e. The fraction of sp³-hybridized carbons (Fsp3) is 0.0500. The van der Waals surface area contributed by atoms with Crippen LogP contribution in [0.25, 0.3) is 10.9 Å². The Kier molecular flexibility index (Phi) is 4.86. The molecule has 3 aromatic rings. The maximum atomic E-state index is 12.7. The lowest BCUT2D eigenvalue weighted by Crippen LogP contribution is -2.14. The standard InChI is InChI=1S/C20H13NO7/c22-9-11-6-14(19(25)26)15(20(27)28)8-13(11)17(24)7-12-5-4-10-2-1-3-16(23)18(10)21-12/h1-6,8-9,23H,7H2,(H,25,26)(H,27,28). The number of para-hydroxylation sites is 1. The highest BCUT2D eigenvalue weighted by Gasteiger charge is 2.22. The third kappa shape index (κ3) is 3.43. The Morgan fingerprint density at radius 2 is 1.61 bits per heavy atom. The van der Waals surface area contributed by atoms with Gasteiger partial charge in [0, 0.05) is 22.2 Å². The van der Waals surface area contributed by atoms with Crippen molar-refractivity contribution in [2.45, 2.75) is 6.42 Å². The number of aromatic nitrogens is 1. The third-order valence-corrected chi connectivity index (χ3v) is 4.18. The van der Waals surface area contributed by atoms with Crippen LogP contribution in [0, 0.1) is 0 Å². The number of fused-ring (bicyclic) bond motifs is 1. The summed E-state index contributed by atoms with van der Waals surface area (Å²) in [6.45, 7) is 0. The number of Topliss-reactive ketones (excluding diaryl/α,β-unsaturated/α-hetero) is 1. The van der Waals surface area contributed by atoms with E-state index in [1.165, 1.54) is 6.07 Å². The number of hydrogen-bond donors (Lipinski definition) is 3. The van der Waals surface area contributed by atoms with Crippen LogP contribution in [0.4, 0.5) is 0 Å². The number of hydrogen-bond acceptors (Lipinski definition) is 6. The Balaban J connectivity index is 2.03. The molecule has 0 saturated heterocycles. The molecule has 3 N–H and O–H groups in total. The van der Waals surface area contributed by atoms with Crippen molar-refractivity contribution in [3.63, 3.8) is 0 Å². The lowest BCUT2D eigenvalue weighted by Gasteiger charge is -2.09. The van der Waals surface area contributed by atoms with Crippen molar-refractivity contribution >= 4 is 34.9 Å². The van der Waals surface area contributed by atoms with E-state index in [9.17, 15) is 29.4 Å². The lowest BCUT2D eigenvalue weighted by atomic mass is 9.94. The molecule has 0 atom stereocenters. The molecule has 2 aromatic carbocycles. The highest BCUT2D eigenvalue weighted by Crippen LogP contribution is 2.23. The zero-order chi connectivity index (χ0) is 20.4. The summed E-state index contributed by atoms with van der Waals surface area (Å²) in [5.41, 5.74) is -1.01. The molecule has 0 radical (unpaired) electrons. The maximum absolute atomic E-state index is 12.7. The van der Waals surface area contributed by atoms with Crippen LogP contribution in [-0.4, -0.2) is 44.3 Å². The summed E-state index contributed by atoms with van der Waals surface area (Å²) in [5, 5.41) is 28.9. The van der Waals surface area contributed by atoms with Crippen LogP contribution in [-0.2, 0) is 6.42 Å². The molecule has 0 bridgehead atoms. The fourth-order valence-electron chi connectivity index (χ4n) is 2.84. The van der Waals surface area contributed by atoms with Gasteiger partial charge in [-0.1, -0.05) is 18.2 Å². The van der Waals surface area contributed by atoms with Gasteiger partial charge in [0.25, 0.3) is 0 Å². The van der Waals surface area contributed by atoms with E-state index in [2.05, 4.69) is 4.98 Å². The van der Waals surface area contributed by atoms with Crippen molar-refractivity contribution in [3.8, 4) is 5.75 Å². The van der Waals surface area contributed by atoms with E-state index < -0.39 is 28.8 Å². The molecule has 3 rings (SSSR count). The van der Waals surface area contributed by atoms with Gasteiger partial charge < -0.3 is 15.3 Å². The molecular formula is C20H13NO7. The Labute approximate surface area is 157 Å². The molecule has 0 fully saturated rings. The fourth-order valence-corrected chi connectivity index (χ4v) is 2.84. The van der Waals surface area contributed by atoms with Gasteiger partial charge in [0.05, 0.1) is 17.5 Å². The van der Waals surface area contributed by atoms with E-state index in [0.29, 0.717) is 22.9 Å². The summed E-state index contributed by atoms with van der Waals surface area (Å²) >= 11 is 0. The van der Waals surface area contributed by atoms with E-state index in [1.807, 2.05) is 0 Å². The topological polar surface area (TPSA) is 142 Å². The Hall–Kier alpha value is -4.07. The molecule has 0 spiro atoms. The average Bonchev–Trinajstić information content (AvgIpc) is 2.67. The summed E-state index contributed by atoms with van der Waals surface area (Å²) < 4.78 is 0. The number of ketones is 1. The van der Waals surface area contributed by atoms with Crippen LogP contribution in [0.3, 0.4) is 0 Å². The molecule has 0 aliphatic rings. The quantitative estimate of drug-likeness (QED) is 0.438. The van der Waals surface area contributed by atoms with Gasteiger partial charge in [0.15, 0.2) is 12.1 Å². The molecule has 140 valence electrons. The highest BCUT2D eigenvalue weighted by atomic mass is 16.4. The number of aromatic hydroxyl groups is 1. The number of carbonyl (C=O) groups is 4. The monoisotopic (exact) mass is 379 g/mol. The smallest absolute Gasteiger partial charge is 0.336 e. The number of carboxylic acid groups (broad SMARTS) is 2. The van der Waals surface area contributed by atoms with Crippen molar-refractivity contribution in [1.82, 2.24) is 4.98 Å². The molecule has 0 aliphatic carbocycles. The van der Waals surface area contributed by atoms with Crippen LogP contribution in [0.15, 0.2) is 42.5 Å². The van der Waals surface area contributed by atoms with E-state index in [4.69, 9.17) is 5.11 Å². The molecule has 8 nitrogen and oxygen atoms in total. The number of carboxylic acids is 2. The molecule has 0 saturated carbocycles. The number of aromatic carboxylic acids is 2. The average molecular weight is 379 g/mol. The van der Waals surface area contributed by atoms with E-state index in [-0.39, 0.29) is 23.3 Å². The van der Waals surface area contributed by atoms with Gasteiger partial charge in [0.1, 0.15) is 11.3 Å². The third-order valence-electron chi connectivity index (χ3n) is 4.18. The first-order valence-corrected chi connectivity index (χ1v) is 8.02. The van der Waals surface area contributed by atoms with Crippen LogP contribution < -0.4 is 0 Å². The molecule has 0 unspecified atom stereocenters. The number of phenolic OH excluding ortho intramolecular Hbond substituents is 1. The molecule has 28 heavy (non-hydrogen) atoms. The van der Waals surface area contributed by atoms with Crippen molar-refractivity contribution in [2.75, 3.05) is 0 Å². The van der Waals surface area contributed by atoms with Crippen LogP contribution in [0.2, 0.25) is 0 Å². The Bertz CT molecular complexity index is 1150. The number of pyridine rings is 1. The predicted molar refractivity (Wildman–Crippen MR) is 97.2 cm³/mol. The van der Waals surface area contributed by atoms with Gasteiger partial charge >= 0.3 is 11.9 Å². The second-order valence-electron chi connectivity index (χ2n) is 5.96. The number of nitrogens with zero attached hydrogens (tertiary/aromatic N) is 1. The predicted octanol–water partition coefficient (Wildman–Crippen LogP) is 2.57. The van der Waals surface area contributed by atoms with Crippen molar-refractivity contribution in [1.29, 1.82) is 0 Å². The first-order chi connectivity index (χ1) is 13.3. The number of rotatable bonds is 6. The first-order valence-electron chi connectivity index (χ1n) is 8.02. The normalized spacial score (nSPS) is 10.6. The minimum atomic E-state index is -1.53. The molecule has 0 aliphatic heterocycles. The second kappa shape index (κ2) is 7.28. The minimum Gasteiger partial charge on any atom is -0.506 e. The van der Waals surface area contributed by atoms with Crippen molar-refractivity contribution < 1.29 is 34.5 Å². The number of benzene rings is 2. The summed E-state index contributed by atoms with van der Waals surface area (Å²) in [6.07, 6.45) is 0.0293. The van der Waals surface area contributed by atoms with E-state index in [0.717, 1.165) is 12.1 Å². The van der Waals surface area contributed by atoms with E-state index in [1.54, 1.807) is 24.3 Å². The second-order valence-corrected chi connectivity index (χ2v) is 5.96. The minimum absolute atomic E-state index is 0.0562. The van der Waals surface area contributed by atoms with Gasteiger partial charge in [-0.05, 0) is 24.3 Å². The van der Waals surface area contributed by atoms with Gasteiger partial charge in [0.2, 0.25) is 0 Å². The summed E-state index contributed by atoms with van der Waals surface area (Å²) in [4.78, 5) is 50.8. The first kappa shape index (κ1) is 18.7. The van der Waals surface area contributed by atoms with Crippen molar-refractivity contribution in [2.24, 2.45) is 0 Å². The molecule has 0 amide bonds. The lowest BCUT2D eigenvalue weighted by molar-refractivity contribution is 0.0651. The van der Waals surface area contributed by atoms with Crippen LogP contribution in [0.1, 0.15) is 47.1 Å². The number of carbonyl (C=O) groups excluding carboxylic acids is 2. The number of phenols is 1. The van der Waals surface area contributed by atoms with E-state index >= 15 is 0 Å². The van der Waals surface area contributed by atoms with Gasteiger partial charge in [-0.3, -0.25) is 9.59 Å². The van der Waals surface area contributed by atoms with Crippen molar-refractivity contribution in [3.05, 3.63) is 70.4 Å². The molecule has 8 heteroatoms. The Morgan fingerprint density at radius 3 is 2.25 bits per heavy atom. The zero-order valence-electron chi connectivity index (χ0n) is 14.2. The van der Waals surface area contributed by atoms with Crippen LogP contribution >= 0.6 is 0 Å². The molecule has 1 aromatic heterocycles. The molecule has 1 heterocycles. The summed E-state index contributed by atoms with van der Waals surface area (Å²) in [5.74, 6) is -3.72. The highest BCUT2D eigenvalue weighted by molar-refractivity contribution is 6.09.